The number of halogens is 1. The summed E-state index contributed by atoms with van der Waals surface area (Å²) >= 11 is 5.66. The minimum Gasteiger partial charge on any atom is -0.380 e. The molecule has 0 fully saturated rings. The van der Waals surface area contributed by atoms with E-state index in [0.29, 0.717) is 25.7 Å². The summed E-state index contributed by atoms with van der Waals surface area (Å²) in [6.07, 6.45) is 2.16. The summed E-state index contributed by atoms with van der Waals surface area (Å²) in [5.41, 5.74) is -0.314. The van der Waals surface area contributed by atoms with Crippen molar-refractivity contribution in [2.75, 3.05) is 25.1 Å². The number of ether oxygens (including phenoxy) is 1. The van der Waals surface area contributed by atoms with Gasteiger partial charge in [-0.1, -0.05) is 25.4 Å². The highest BCUT2D eigenvalue weighted by Crippen LogP contribution is 2.27. The van der Waals surface area contributed by atoms with Crippen LogP contribution in [0.5, 0.6) is 0 Å². The zero-order chi connectivity index (χ0) is 14.3. The monoisotopic (exact) mass is 288 g/mol. The lowest BCUT2D eigenvalue weighted by Crippen LogP contribution is -2.13. The lowest BCUT2D eigenvalue weighted by molar-refractivity contribution is -0.384. The molecule has 0 spiro atoms. The fraction of sp³-hybridized carbons (Fsp3) is 0.636. The molecule has 0 bridgehead atoms. The second kappa shape index (κ2) is 7.85. The van der Waals surface area contributed by atoms with Gasteiger partial charge in [-0.25, -0.2) is 9.97 Å². The van der Waals surface area contributed by atoms with Crippen LogP contribution in [0.15, 0.2) is 6.33 Å². The standard InChI is InChI=1S/C11H17ClN4O3/c1-8(2)3-5-19-6-4-13-11-9(16(17)18)10(12)14-7-15-11/h7-8H,3-6H2,1-2H3,(H,13,14,15). The van der Waals surface area contributed by atoms with E-state index < -0.39 is 4.92 Å². The molecule has 1 rings (SSSR count). The Bertz CT molecular complexity index is 428. The van der Waals surface area contributed by atoms with E-state index in [9.17, 15) is 10.1 Å². The van der Waals surface area contributed by atoms with Crippen molar-refractivity contribution in [3.05, 3.63) is 21.6 Å². The summed E-state index contributed by atoms with van der Waals surface area (Å²) in [5, 5.41) is 13.5. The molecule has 1 N–H and O–H groups in total. The molecule has 0 aliphatic carbocycles. The van der Waals surface area contributed by atoms with E-state index in [1.807, 2.05) is 0 Å². The van der Waals surface area contributed by atoms with Gasteiger partial charge >= 0.3 is 5.69 Å². The highest BCUT2D eigenvalue weighted by atomic mass is 35.5. The first kappa shape index (κ1) is 15.6. The Balaban J connectivity index is 2.41. The van der Waals surface area contributed by atoms with Gasteiger partial charge in [-0.05, 0) is 12.3 Å². The number of hydrogen-bond acceptors (Lipinski definition) is 6. The number of rotatable bonds is 8. The molecular weight excluding hydrogens is 272 g/mol. The van der Waals surface area contributed by atoms with Gasteiger partial charge < -0.3 is 10.1 Å². The van der Waals surface area contributed by atoms with Crippen LogP contribution >= 0.6 is 11.6 Å². The van der Waals surface area contributed by atoms with E-state index >= 15 is 0 Å². The molecule has 0 amide bonds. The lowest BCUT2D eigenvalue weighted by atomic mass is 10.1. The number of nitro groups is 1. The molecule has 0 aliphatic rings. The molecule has 0 aromatic carbocycles. The van der Waals surface area contributed by atoms with Gasteiger partial charge in [0.15, 0.2) is 0 Å². The summed E-state index contributed by atoms with van der Waals surface area (Å²) in [4.78, 5) is 17.6. The molecule has 1 aromatic heterocycles. The minimum absolute atomic E-state index is 0.109. The Labute approximate surface area is 116 Å². The predicted octanol–water partition coefficient (Wildman–Crippen LogP) is 2.51. The van der Waals surface area contributed by atoms with Crippen molar-refractivity contribution in [1.29, 1.82) is 0 Å². The Morgan fingerprint density at radius 3 is 2.84 bits per heavy atom. The Morgan fingerprint density at radius 1 is 1.47 bits per heavy atom. The van der Waals surface area contributed by atoms with Crippen molar-refractivity contribution in [3.63, 3.8) is 0 Å². The summed E-state index contributed by atoms with van der Waals surface area (Å²) in [5.74, 6) is 0.701. The minimum atomic E-state index is -0.607. The third kappa shape index (κ3) is 5.35. The summed E-state index contributed by atoms with van der Waals surface area (Å²) in [6.45, 7) is 5.78. The molecular formula is C11H17ClN4O3. The van der Waals surface area contributed by atoms with E-state index in [4.69, 9.17) is 16.3 Å². The SMILES string of the molecule is CC(C)CCOCCNc1ncnc(Cl)c1[N+](=O)[O-]. The van der Waals surface area contributed by atoms with Crippen molar-refractivity contribution in [1.82, 2.24) is 9.97 Å². The van der Waals surface area contributed by atoms with Gasteiger partial charge in [-0.15, -0.1) is 0 Å². The highest BCUT2D eigenvalue weighted by Gasteiger charge is 2.20. The first-order chi connectivity index (χ1) is 9.02. The fourth-order valence-corrected chi connectivity index (χ4v) is 1.51. The highest BCUT2D eigenvalue weighted by molar-refractivity contribution is 6.31. The summed E-state index contributed by atoms with van der Waals surface area (Å²) in [6, 6.07) is 0. The van der Waals surface area contributed by atoms with Crippen LogP contribution < -0.4 is 5.32 Å². The van der Waals surface area contributed by atoms with E-state index in [-0.39, 0.29) is 16.7 Å². The van der Waals surface area contributed by atoms with Crippen molar-refractivity contribution in [2.24, 2.45) is 5.92 Å². The second-order valence-corrected chi connectivity index (χ2v) is 4.70. The van der Waals surface area contributed by atoms with E-state index in [1.54, 1.807) is 0 Å². The first-order valence-corrected chi connectivity index (χ1v) is 6.36. The average molecular weight is 289 g/mol. The number of hydrogen-bond donors (Lipinski definition) is 1. The molecule has 0 atom stereocenters. The van der Waals surface area contributed by atoms with Crippen LogP contribution in [0.3, 0.4) is 0 Å². The zero-order valence-electron chi connectivity index (χ0n) is 10.9. The maximum atomic E-state index is 10.8. The fourth-order valence-electron chi connectivity index (χ4n) is 1.31. The molecule has 1 aromatic rings. The third-order valence-corrected chi connectivity index (χ3v) is 2.62. The number of nitrogens with one attached hydrogen (secondary N) is 1. The molecule has 19 heavy (non-hydrogen) atoms. The molecule has 0 unspecified atom stereocenters. The van der Waals surface area contributed by atoms with Crippen LogP contribution in [0.2, 0.25) is 5.15 Å². The number of aromatic nitrogens is 2. The van der Waals surface area contributed by atoms with Crippen molar-refractivity contribution < 1.29 is 9.66 Å². The summed E-state index contributed by atoms with van der Waals surface area (Å²) < 4.78 is 5.39. The quantitative estimate of drug-likeness (QED) is 0.342. The van der Waals surface area contributed by atoms with Gasteiger partial charge in [0.05, 0.1) is 11.5 Å². The first-order valence-electron chi connectivity index (χ1n) is 5.99. The van der Waals surface area contributed by atoms with Crippen molar-refractivity contribution in [2.45, 2.75) is 20.3 Å². The Kier molecular flexibility index (Phi) is 6.44. The van der Waals surface area contributed by atoms with Gasteiger partial charge in [0, 0.05) is 13.2 Å². The molecule has 0 saturated heterocycles. The maximum Gasteiger partial charge on any atom is 0.348 e. The van der Waals surface area contributed by atoms with Gasteiger partial charge in [-0.3, -0.25) is 10.1 Å². The normalized spacial score (nSPS) is 10.7. The topological polar surface area (TPSA) is 90.2 Å². The van der Waals surface area contributed by atoms with E-state index in [0.717, 1.165) is 6.42 Å². The van der Waals surface area contributed by atoms with Crippen molar-refractivity contribution in [3.8, 4) is 0 Å². The van der Waals surface area contributed by atoms with Gasteiger partial charge in [-0.2, -0.15) is 0 Å². The average Bonchev–Trinajstić information content (AvgIpc) is 2.32. The van der Waals surface area contributed by atoms with Crippen LogP contribution in [-0.4, -0.2) is 34.6 Å². The molecule has 1 heterocycles. The summed E-state index contributed by atoms with van der Waals surface area (Å²) in [7, 11) is 0. The second-order valence-electron chi connectivity index (χ2n) is 4.34. The van der Waals surface area contributed by atoms with E-state index in [1.165, 1.54) is 6.33 Å². The largest absolute Gasteiger partial charge is 0.380 e. The van der Waals surface area contributed by atoms with Crippen LogP contribution in [0.25, 0.3) is 0 Å². The van der Waals surface area contributed by atoms with Gasteiger partial charge in [0.25, 0.3) is 0 Å². The maximum absolute atomic E-state index is 10.8. The Hall–Kier alpha value is -1.47. The smallest absolute Gasteiger partial charge is 0.348 e. The predicted molar refractivity (Wildman–Crippen MR) is 72.5 cm³/mol. The molecule has 0 aliphatic heterocycles. The van der Waals surface area contributed by atoms with Crippen molar-refractivity contribution >= 4 is 23.1 Å². The van der Waals surface area contributed by atoms with E-state index in [2.05, 4.69) is 29.1 Å². The van der Waals surface area contributed by atoms with Crippen LogP contribution in [-0.2, 0) is 4.74 Å². The Morgan fingerprint density at radius 2 is 2.21 bits per heavy atom. The molecule has 8 heteroatoms. The van der Waals surface area contributed by atoms with Crippen LogP contribution in [0.4, 0.5) is 11.5 Å². The lowest BCUT2D eigenvalue weighted by Gasteiger charge is -2.08. The molecule has 7 nitrogen and oxygen atoms in total. The third-order valence-electron chi connectivity index (χ3n) is 2.34. The van der Waals surface area contributed by atoms with Crippen LogP contribution in [0, 0.1) is 16.0 Å². The zero-order valence-corrected chi connectivity index (χ0v) is 11.7. The van der Waals surface area contributed by atoms with Gasteiger partial charge in [0.2, 0.25) is 11.0 Å². The van der Waals surface area contributed by atoms with Gasteiger partial charge in [0.1, 0.15) is 6.33 Å². The molecule has 106 valence electrons. The number of anilines is 1. The molecule has 0 saturated carbocycles. The van der Waals surface area contributed by atoms with Crippen LogP contribution in [0.1, 0.15) is 20.3 Å². The number of nitrogens with zero attached hydrogens (tertiary/aromatic N) is 3. The molecule has 0 radical (unpaired) electrons.